The first-order valence-electron chi connectivity index (χ1n) is 6.02. The predicted octanol–water partition coefficient (Wildman–Crippen LogP) is 4.62. The van der Waals surface area contributed by atoms with Crippen molar-refractivity contribution in [2.24, 2.45) is 5.92 Å². The third-order valence-electron chi connectivity index (χ3n) is 3.31. The highest BCUT2D eigenvalue weighted by Crippen LogP contribution is 2.28. The summed E-state index contributed by atoms with van der Waals surface area (Å²) in [6, 6.07) is 6.10. The van der Waals surface area contributed by atoms with Crippen LogP contribution in [0.25, 0.3) is 0 Å². The van der Waals surface area contributed by atoms with Gasteiger partial charge in [0.2, 0.25) is 0 Å². The molecule has 90 valence electrons. The van der Waals surface area contributed by atoms with Crippen molar-refractivity contribution in [2.45, 2.75) is 46.1 Å². The summed E-state index contributed by atoms with van der Waals surface area (Å²) in [5, 5.41) is 10.2. The minimum absolute atomic E-state index is 0.331. The molecule has 0 saturated heterocycles. The van der Waals surface area contributed by atoms with Crippen molar-refractivity contribution in [3.8, 4) is 0 Å². The fourth-order valence-electron chi connectivity index (χ4n) is 2.04. The molecule has 1 rings (SSSR count). The quantitative estimate of drug-likeness (QED) is 0.837. The molecule has 0 aliphatic heterocycles. The Morgan fingerprint density at radius 1 is 1.25 bits per heavy atom. The maximum Gasteiger partial charge on any atom is 0.0795 e. The van der Waals surface area contributed by atoms with Gasteiger partial charge in [-0.05, 0) is 42.5 Å². The molecule has 16 heavy (non-hydrogen) atoms. The standard InChI is InChI=1S/C14H21BrO/c1-4-11(5-2)8-14(16)13-9-12(15)7-6-10(13)3/h6-7,9,11,14,16H,4-5,8H2,1-3H3. The molecule has 0 aromatic heterocycles. The number of aliphatic hydroxyl groups is 1. The van der Waals surface area contributed by atoms with Gasteiger partial charge >= 0.3 is 0 Å². The Bertz CT molecular complexity index is 332. The number of hydrogen-bond acceptors (Lipinski definition) is 1. The molecule has 0 aliphatic carbocycles. The zero-order valence-corrected chi connectivity index (χ0v) is 11.9. The van der Waals surface area contributed by atoms with E-state index in [0.717, 1.165) is 29.3 Å². The van der Waals surface area contributed by atoms with Gasteiger partial charge in [-0.1, -0.05) is 48.7 Å². The topological polar surface area (TPSA) is 20.2 Å². The van der Waals surface area contributed by atoms with E-state index < -0.39 is 0 Å². The van der Waals surface area contributed by atoms with E-state index >= 15 is 0 Å². The van der Waals surface area contributed by atoms with E-state index in [9.17, 15) is 5.11 Å². The van der Waals surface area contributed by atoms with Gasteiger partial charge in [-0.2, -0.15) is 0 Å². The van der Waals surface area contributed by atoms with Gasteiger partial charge in [0.1, 0.15) is 0 Å². The van der Waals surface area contributed by atoms with E-state index in [4.69, 9.17) is 0 Å². The van der Waals surface area contributed by atoms with E-state index in [1.54, 1.807) is 0 Å². The molecule has 0 spiro atoms. The Balaban J connectivity index is 2.79. The van der Waals surface area contributed by atoms with Crippen LogP contribution in [0, 0.1) is 12.8 Å². The van der Waals surface area contributed by atoms with Gasteiger partial charge in [-0.15, -0.1) is 0 Å². The van der Waals surface area contributed by atoms with E-state index in [-0.39, 0.29) is 6.10 Å². The van der Waals surface area contributed by atoms with Crippen LogP contribution in [-0.4, -0.2) is 5.11 Å². The number of benzene rings is 1. The molecule has 1 atom stereocenters. The highest BCUT2D eigenvalue weighted by Gasteiger charge is 2.15. The van der Waals surface area contributed by atoms with Gasteiger partial charge in [-0.25, -0.2) is 0 Å². The summed E-state index contributed by atoms with van der Waals surface area (Å²) in [5.74, 6) is 0.619. The molecule has 1 N–H and O–H groups in total. The highest BCUT2D eigenvalue weighted by molar-refractivity contribution is 9.10. The summed E-state index contributed by atoms with van der Waals surface area (Å²) in [7, 11) is 0. The lowest BCUT2D eigenvalue weighted by molar-refractivity contribution is 0.140. The van der Waals surface area contributed by atoms with Gasteiger partial charge in [0.25, 0.3) is 0 Å². The normalized spacial score (nSPS) is 13.1. The predicted molar refractivity (Wildman–Crippen MR) is 72.5 cm³/mol. The second kappa shape index (κ2) is 6.41. The molecule has 0 saturated carbocycles. The monoisotopic (exact) mass is 284 g/mol. The molecule has 0 bridgehead atoms. The van der Waals surface area contributed by atoms with E-state index in [1.807, 2.05) is 12.1 Å². The molecule has 1 unspecified atom stereocenters. The lowest BCUT2D eigenvalue weighted by Gasteiger charge is -2.19. The van der Waals surface area contributed by atoms with Crippen molar-refractivity contribution in [2.75, 3.05) is 0 Å². The van der Waals surface area contributed by atoms with Crippen LogP contribution in [0.5, 0.6) is 0 Å². The first-order valence-corrected chi connectivity index (χ1v) is 6.81. The second-order valence-electron chi connectivity index (χ2n) is 4.43. The Hall–Kier alpha value is -0.340. The molecule has 1 aromatic rings. The zero-order valence-electron chi connectivity index (χ0n) is 10.3. The lowest BCUT2D eigenvalue weighted by Crippen LogP contribution is -2.07. The molecule has 0 amide bonds. The average molecular weight is 285 g/mol. The Morgan fingerprint density at radius 2 is 1.88 bits per heavy atom. The minimum atomic E-state index is -0.331. The third-order valence-corrected chi connectivity index (χ3v) is 3.80. The highest BCUT2D eigenvalue weighted by atomic mass is 79.9. The Labute approximate surface area is 107 Å². The van der Waals surface area contributed by atoms with Crippen LogP contribution in [0.2, 0.25) is 0 Å². The Kier molecular flexibility index (Phi) is 5.50. The first kappa shape index (κ1) is 13.7. The zero-order chi connectivity index (χ0) is 12.1. The van der Waals surface area contributed by atoms with Crippen molar-refractivity contribution < 1.29 is 5.11 Å². The van der Waals surface area contributed by atoms with Gasteiger partial charge in [0.15, 0.2) is 0 Å². The average Bonchev–Trinajstić information content (AvgIpc) is 2.28. The van der Waals surface area contributed by atoms with Crippen LogP contribution in [0.4, 0.5) is 0 Å². The van der Waals surface area contributed by atoms with Crippen molar-refractivity contribution in [3.05, 3.63) is 33.8 Å². The van der Waals surface area contributed by atoms with Crippen LogP contribution in [0.1, 0.15) is 50.3 Å². The second-order valence-corrected chi connectivity index (χ2v) is 5.35. The Morgan fingerprint density at radius 3 is 2.44 bits per heavy atom. The van der Waals surface area contributed by atoms with Crippen LogP contribution in [0.15, 0.2) is 22.7 Å². The van der Waals surface area contributed by atoms with Gasteiger partial charge < -0.3 is 5.11 Å². The number of hydrogen-bond donors (Lipinski definition) is 1. The van der Waals surface area contributed by atoms with Crippen molar-refractivity contribution in [1.82, 2.24) is 0 Å². The van der Waals surface area contributed by atoms with Crippen molar-refractivity contribution in [3.63, 3.8) is 0 Å². The maximum atomic E-state index is 10.2. The molecule has 1 nitrogen and oxygen atoms in total. The molecular weight excluding hydrogens is 264 g/mol. The minimum Gasteiger partial charge on any atom is -0.388 e. The SMILES string of the molecule is CCC(CC)CC(O)c1cc(Br)ccc1C. The molecule has 0 heterocycles. The largest absolute Gasteiger partial charge is 0.388 e. The molecular formula is C14H21BrO. The van der Waals surface area contributed by atoms with Gasteiger partial charge in [-0.3, -0.25) is 0 Å². The smallest absolute Gasteiger partial charge is 0.0795 e. The summed E-state index contributed by atoms with van der Waals surface area (Å²) in [6.45, 7) is 6.43. The molecule has 0 fully saturated rings. The fraction of sp³-hybridized carbons (Fsp3) is 0.571. The molecule has 0 aliphatic rings. The first-order chi connectivity index (χ1) is 7.58. The summed E-state index contributed by atoms with van der Waals surface area (Å²) >= 11 is 3.45. The number of rotatable bonds is 5. The van der Waals surface area contributed by atoms with E-state index in [1.165, 1.54) is 5.56 Å². The lowest BCUT2D eigenvalue weighted by atomic mass is 9.91. The summed E-state index contributed by atoms with van der Waals surface area (Å²) < 4.78 is 1.04. The number of halogens is 1. The van der Waals surface area contributed by atoms with Crippen molar-refractivity contribution >= 4 is 15.9 Å². The van der Waals surface area contributed by atoms with Crippen LogP contribution >= 0.6 is 15.9 Å². The maximum absolute atomic E-state index is 10.2. The molecule has 2 heteroatoms. The third kappa shape index (κ3) is 3.60. The van der Waals surface area contributed by atoms with Gasteiger partial charge in [0, 0.05) is 4.47 Å². The molecule has 0 radical (unpaired) electrons. The van der Waals surface area contributed by atoms with E-state index in [2.05, 4.69) is 42.8 Å². The number of aryl methyl sites for hydroxylation is 1. The number of aliphatic hydroxyl groups excluding tert-OH is 1. The summed E-state index contributed by atoms with van der Waals surface area (Å²) in [6.07, 6.45) is 2.81. The fourth-order valence-corrected chi connectivity index (χ4v) is 2.41. The van der Waals surface area contributed by atoms with Gasteiger partial charge in [0.05, 0.1) is 6.10 Å². The van der Waals surface area contributed by atoms with Crippen LogP contribution in [-0.2, 0) is 0 Å². The van der Waals surface area contributed by atoms with Crippen LogP contribution < -0.4 is 0 Å². The van der Waals surface area contributed by atoms with E-state index in [0.29, 0.717) is 5.92 Å². The summed E-state index contributed by atoms with van der Waals surface area (Å²) in [4.78, 5) is 0. The molecule has 1 aromatic carbocycles. The van der Waals surface area contributed by atoms with Crippen LogP contribution in [0.3, 0.4) is 0 Å². The summed E-state index contributed by atoms with van der Waals surface area (Å²) in [5.41, 5.74) is 2.22. The van der Waals surface area contributed by atoms with Crippen molar-refractivity contribution in [1.29, 1.82) is 0 Å².